The molecule has 8 heteroatoms. The van der Waals surface area contributed by atoms with Crippen molar-refractivity contribution in [2.45, 2.75) is 39.3 Å². The van der Waals surface area contributed by atoms with Crippen LogP contribution in [-0.4, -0.2) is 47.0 Å². The van der Waals surface area contributed by atoms with Crippen LogP contribution in [-0.2, 0) is 33.7 Å². The lowest BCUT2D eigenvalue weighted by Crippen LogP contribution is -2.36. The van der Waals surface area contributed by atoms with E-state index in [2.05, 4.69) is 9.97 Å². The highest BCUT2D eigenvalue weighted by Crippen LogP contribution is 2.29. The number of thiazole rings is 1. The van der Waals surface area contributed by atoms with Crippen LogP contribution in [0.15, 0.2) is 23.6 Å². The van der Waals surface area contributed by atoms with E-state index in [0.717, 1.165) is 39.3 Å². The predicted molar refractivity (Wildman–Crippen MR) is 115 cm³/mol. The van der Waals surface area contributed by atoms with Crippen molar-refractivity contribution in [2.75, 3.05) is 20.3 Å². The normalized spacial score (nSPS) is 14.6. The summed E-state index contributed by atoms with van der Waals surface area (Å²) in [5.74, 6) is -0.309. The van der Waals surface area contributed by atoms with Crippen LogP contribution in [0.2, 0.25) is 0 Å². The van der Waals surface area contributed by atoms with Crippen molar-refractivity contribution >= 4 is 34.1 Å². The van der Waals surface area contributed by atoms with Gasteiger partial charge >= 0.3 is 5.97 Å². The number of methoxy groups -OCH3 is 1. The fraction of sp³-hybridized carbons (Fsp3) is 0.409. The number of carbonyl (C=O) groups excluding carboxylic acids is 2. The number of benzene rings is 1. The van der Waals surface area contributed by atoms with E-state index < -0.39 is 0 Å². The van der Waals surface area contributed by atoms with E-state index in [1.165, 1.54) is 18.4 Å². The molecule has 1 aromatic carbocycles. The lowest BCUT2D eigenvalue weighted by atomic mass is 10.0. The van der Waals surface area contributed by atoms with Gasteiger partial charge in [0.15, 0.2) is 0 Å². The smallest absolute Gasteiger partial charge is 0.337 e. The predicted octanol–water partition coefficient (Wildman–Crippen LogP) is 3.64. The van der Waals surface area contributed by atoms with Gasteiger partial charge in [0.1, 0.15) is 11.1 Å². The highest BCUT2D eigenvalue weighted by atomic mass is 32.1. The number of nitrogens with one attached hydrogen (secondary N) is 1. The number of rotatable bonds is 6. The van der Waals surface area contributed by atoms with Gasteiger partial charge in [-0.1, -0.05) is 0 Å². The van der Waals surface area contributed by atoms with Crippen molar-refractivity contribution in [3.8, 4) is 0 Å². The van der Waals surface area contributed by atoms with Crippen molar-refractivity contribution in [1.29, 1.82) is 0 Å². The quantitative estimate of drug-likeness (QED) is 0.607. The van der Waals surface area contributed by atoms with Gasteiger partial charge in [0.25, 0.3) is 0 Å². The van der Waals surface area contributed by atoms with Crippen LogP contribution < -0.4 is 0 Å². The minimum absolute atomic E-state index is 0.0556. The molecule has 0 radical (unpaired) electrons. The zero-order valence-corrected chi connectivity index (χ0v) is 18.2. The molecule has 7 nitrogen and oxygen atoms in total. The number of carbonyl (C=O) groups is 2. The van der Waals surface area contributed by atoms with Gasteiger partial charge in [-0.25, -0.2) is 9.78 Å². The molecule has 158 valence electrons. The Morgan fingerprint density at radius 1 is 1.37 bits per heavy atom. The van der Waals surface area contributed by atoms with Crippen molar-refractivity contribution in [2.24, 2.45) is 0 Å². The summed E-state index contributed by atoms with van der Waals surface area (Å²) in [6.07, 6.45) is 0.976. The molecule has 0 aliphatic carbocycles. The Kier molecular flexibility index (Phi) is 5.87. The lowest BCUT2D eigenvalue weighted by molar-refractivity contribution is -0.131. The van der Waals surface area contributed by atoms with Crippen molar-refractivity contribution < 1.29 is 19.1 Å². The van der Waals surface area contributed by atoms with Gasteiger partial charge < -0.3 is 19.4 Å². The molecule has 30 heavy (non-hydrogen) atoms. The van der Waals surface area contributed by atoms with E-state index in [-0.39, 0.29) is 24.4 Å². The van der Waals surface area contributed by atoms with Gasteiger partial charge in [-0.15, -0.1) is 11.3 Å². The SMILES string of the molecule is CCOC(C)c1nc(CC(=O)N2CCc3[nH]c4ccc(C(=O)OC)cc4c3C2)cs1. The van der Waals surface area contributed by atoms with Gasteiger partial charge in [-0.2, -0.15) is 0 Å². The van der Waals surface area contributed by atoms with Crippen LogP contribution in [0, 0.1) is 0 Å². The van der Waals surface area contributed by atoms with E-state index in [1.807, 2.05) is 36.3 Å². The molecule has 4 rings (SSSR count). The third kappa shape index (κ3) is 3.97. The summed E-state index contributed by atoms with van der Waals surface area (Å²) in [5, 5.41) is 3.80. The number of esters is 1. The van der Waals surface area contributed by atoms with Crippen molar-refractivity contribution in [3.63, 3.8) is 0 Å². The summed E-state index contributed by atoms with van der Waals surface area (Å²) < 4.78 is 10.4. The summed E-state index contributed by atoms with van der Waals surface area (Å²) in [6, 6.07) is 5.48. The fourth-order valence-corrected chi connectivity index (χ4v) is 4.67. The molecule has 0 bridgehead atoms. The van der Waals surface area contributed by atoms with E-state index in [9.17, 15) is 9.59 Å². The maximum absolute atomic E-state index is 12.9. The van der Waals surface area contributed by atoms with Crippen LogP contribution in [0.5, 0.6) is 0 Å². The van der Waals surface area contributed by atoms with Crippen molar-refractivity contribution in [1.82, 2.24) is 14.9 Å². The van der Waals surface area contributed by atoms with Gasteiger partial charge in [0, 0.05) is 53.7 Å². The molecule has 1 N–H and O–H groups in total. The second kappa shape index (κ2) is 8.57. The van der Waals surface area contributed by atoms with Crippen LogP contribution in [0.4, 0.5) is 0 Å². The zero-order valence-electron chi connectivity index (χ0n) is 17.4. The lowest BCUT2D eigenvalue weighted by Gasteiger charge is -2.27. The molecule has 1 atom stereocenters. The third-order valence-electron chi connectivity index (χ3n) is 5.42. The maximum atomic E-state index is 12.9. The van der Waals surface area contributed by atoms with E-state index in [0.29, 0.717) is 25.3 Å². The molecule has 0 saturated heterocycles. The summed E-state index contributed by atoms with van der Waals surface area (Å²) in [4.78, 5) is 34.7. The standard InChI is InChI=1S/C22H25N3O4S/c1-4-29-13(2)21-23-15(12-30-21)10-20(26)25-8-7-19-17(11-25)16-9-14(22(27)28-3)5-6-18(16)24-19/h5-6,9,12-13,24H,4,7-8,10-11H2,1-3H3. The Morgan fingerprint density at radius 2 is 2.20 bits per heavy atom. The molecular formula is C22H25N3O4S. The van der Waals surface area contributed by atoms with Gasteiger partial charge in [-0.05, 0) is 32.0 Å². The first-order valence-electron chi connectivity index (χ1n) is 10.1. The van der Waals surface area contributed by atoms with E-state index >= 15 is 0 Å². The first-order valence-corrected chi connectivity index (χ1v) is 10.9. The second-order valence-electron chi connectivity index (χ2n) is 7.35. The van der Waals surface area contributed by atoms with E-state index in [4.69, 9.17) is 9.47 Å². The Labute approximate surface area is 179 Å². The van der Waals surface area contributed by atoms with E-state index in [1.54, 1.807) is 6.07 Å². The minimum Gasteiger partial charge on any atom is -0.465 e. The molecule has 1 aliphatic heterocycles. The topological polar surface area (TPSA) is 84.5 Å². The van der Waals surface area contributed by atoms with Crippen LogP contribution in [0.1, 0.15) is 52.3 Å². The number of aromatic amines is 1. The number of aromatic nitrogens is 2. The zero-order chi connectivity index (χ0) is 21.3. The Balaban J connectivity index is 1.50. The molecule has 2 aromatic heterocycles. The Morgan fingerprint density at radius 3 is 2.97 bits per heavy atom. The number of hydrogen-bond acceptors (Lipinski definition) is 6. The molecule has 3 aromatic rings. The highest BCUT2D eigenvalue weighted by molar-refractivity contribution is 7.09. The summed E-state index contributed by atoms with van der Waals surface area (Å²) in [5.41, 5.74) is 4.45. The number of fused-ring (bicyclic) bond motifs is 3. The number of nitrogens with zero attached hydrogens (tertiary/aromatic N) is 2. The van der Waals surface area contributed by atoms with Crippen molar-refractivity contribution in [3.05, 3.63) is 51.1 Å². The maximum Gasteiger partial charge on any atom is 0.337 e. The summed E-state index contributed by atoms with van der Waals surface area (Å²) in [6.45, 7) is 5.74. The van der Waals surface area contributed by atoms with Gasteiger partial charge in [0.05, 0.1) is 24.8 Å². The minimum atomic E-state index is -0.365. The largest absolute Gasteiger partial charge is 0.465 e. The molecular weight excluding hydrogens is 402 g/mol. The third-order valence-corrected chi connectivity index (χ3v) is 6.47. The number of hydrogen-bond donors (Lipinski definition) is 1. The number of amides is 1. The average molecular weight is 428 g/mol. The van der Waals surface area contributed by atoms with Crippen LogP contribution in [0.3, 0.4) is 0 Å². The average Bonchev–Trinajstić information content (AvgIpc) is 3.36. The van der Waals surface area contributed by atoms with Gasteiger partial charge in [0.2, 0.25) is 5.91 Å². The fourth-order valence-electron chi connectivity index (χ4n) is 3.85. The summed E-state index contributed by atoms with van der Waals surface area (Å²) >= 11 is 1.53. The van der Waals surface area contributed by atoms with Gasteiger partial charge in [-0.3, -0.25) is 4.79 Å². The molecule has 1 unspecified atom stereocenters. The number of ether oxygens (including phenoxy) is 2. The van der Waals surface area contributed by atoms with Crippen LogP contribution in [0.25, 0.3) is 10.9 Å². The first kappa shape index (κ1) is 20.6. The molecule has 0 fully saturated rings. The second-order valence-corrected chi connectivity index (χ2v) is 8.24. The molecule has 0 spiro atoms. The molecule has 0 saturated carbocycles. The Bertz CT molecular complexity index is 1090. The molecule has 3 heterocycles. The molecule has 1 amide bonds. The molecule has 1 aliphatic rings. The Hall–Kier alpha value is -2.71. The highest BCUT2D eigenvalue weighted by Gasteiger charge is 2.25. The first-order chi connectivity index (χ1) is 14.5. The monoisotopic (exact) mass is 427 g/mol. The number of H-pyrrole nitrogens is 1. The van der Waals surface area contributed by atoms with Crippen LogP contribution >= 0.6 is 11.3 Å². The summed E-state index contributed by atoms with van der Waals surface area (Å²) in [7, 11) is 1.37.